The fourth-order valence-electron chi connectivity index (χ4n) is 5.05. The first-order valence-corrected chi connectivity index (χ1v) is 16.2. The number of fused-ring (bicyclic) bond motifs is 1. The van der Waals surface area contributed by atoms with Crippen molar-refractivity contribution in [3.8, 4) is 11.1 Å². The lowest BCUT2D eigenvalue weighted by Gasteiger charge is -2.38. The number of hydrogen-bond donors (Lipinski definition) is 2. The van der Waals surface area contributed by atoms with Gasteiger partial charge >= 0.3 is 5.97 Å². The highest BCUT2D eigenvalue weighted by Crippen LogP contribution is 2.31. The lowest BCUT2D eigenvalue weighted by Crippen LogP contribution is -2.58. The van der Waals surface area contributed by atoms with E-state index in [9.17, 15) is 27.1 Å². The number of hydrogen-bond acceptors (Lipinski definition) is 9. The van der Waals surface area contributed by atoms with E-state index in [1.54, 1.807) is 29.2 Å². The highest BCUT2D eigenvalue weighted by atomic mass is 32.2. The van der Waals surface area contributed by atoms with Gasteiger partial charge in [-0.1, -0.05) is 73.7 Å². The Labute approximate surface area is 270 Å². The van der Waals surface area contributed by atoms with E-state index in [2.05, 4.69) is 19.9 Å². The lowest BCUT2D eigenvalue weighted by atomic mass is 10.0. The number of carboxylic acid groups (broad SMARTS) is 1. The van der Waals surface area contributed by atoms with Gasteiger partial charge in [0, 0.05) is 38.2 Å². The second-order valence-corrected chi connectivity index (χ2v) is 12.6. The van der Waals surface area contributed by atoms with E-state index in [1.165, 1.54) is 49.9 Å². The highest BCUT2D eigenvalue weighted by Gasteiger charge is 2.40. The zero-order valence-corrected chi connectivity index (χ0v) is 26.3. The summed E-state index contributed by atoms with van der Waals surface area (Å²) in [5, 5.41) is 9.86. The molecule has 47 heavy (non-hydrogen) atoms. The number of piperazine rings is 1. The molecular weight excluding hydrogens is 628 g/mol. The van der Waals surface area contributed by atoms with Gasteiger partial charge in [-0.25, -0.2) is 37.1 Å². The van der Waals surface area contributed by atoms with Crippen LogP contribution in [0.4, 0.5) is 14.6 Å². The summed E-state index contributed by atoms with van der Waals surface area (Å²) in [6, 6.07) is 20.9. The van der Waals surface area contributed by atoms with Crippen LogP contribution in [-0.4, -0.2) is 69.4 Å². The summed E-state index contributed by atoms with van der Waals surface area (Å²) in [6.45, 7) is 2.04. The van der Waals surface area contributed by atoms with E-state index >= 15 is 0 Å². The van der Waals surface area contributed by atoms with E-state index in [1.807, 2.05) is 30.3 Å². The number of aromatic nitrogens is 4. The fourth-order valence-corrected chi connectivity index (χ4v) is 6.61. The molecule has 0 radical (unpaired) electrons. The molecule has 0 unspecified atom stereocenters. The molecule has 14 heteroatoms. The van der Waals surface area contributed by atoms with Crippen LogP contribution in [0.2, 0.25) is 0 Å². The van der Waals surface area contributed by atoms with E-state index in [0.29, 0.717) is 23.5 Å². The van der Waals surface area contributed by atoms with Gasteiger partial charge in [-0.3, -0.25) is 4.79 Å². The first kappa shape index (κ1) is 33.4. The third-order valence-corrected chi connectivity index (χ3v) is 9.70. The summed E-state index contributed by atoms with van der Waals surface area (Å²) >= 11 is 0. The first-order valence-electron chi connectivity index (χ1n) is 14.8. The van der Waals surface area contributed by atoms with Crippen molar-refractivity contribution in [1.29, 1.82) is 0 Å². The van der Waals surface area contributed by atoms with Crippen LogP contribution in [0.15, 0.2) is 102 Å². The van der Waals surface area contributed by atoms with Crippen molar-refractivity contribution < 1.29 is 27.1 Å². The number of nitrogens with two attached hydrogens (primary N) is 1. The molecule has 0 saturated carbocycles. The molecule has 0 spiro atoms. The van der Waals surface area contributed by atoms with Crippen molar-refractivity contribution in [2.75, 3.05) is 24.5 Å². The molecule has 0 aliphatic carbocycles. The number of aliphatic carboxylic acids is 1. The maximum Gasteiger partial charge on any atom is 0.323 e. The van der Waals surface area contributed by atoms with Crippen molar-refractivity contribution in [1.82, 2.24) is 24.2 Å². The van der Waals surface area contributed by atoms with Crippen LogP contribution in [0.5, 0.6) is 0 Å². The zero-order chi connectivity index (χ0) is 33.6. The number of alkyl halides is 2. The smallest absolute Gasteiger partial charge is 0.323 e. The molecule has 1 saturated heterocycles. The van der Waals surface area contributed by atoms with Crippen LogP contribution in [0.1, 0.15) is 24.5 Å². The number of carboxylic acids is 1. The van der Waals surface area contributed by atoms with Crippen LogP contribution in [0, 0.1) is 0 Å². The Bertz CT molecular complexity index is 1930. The van der Waals surface area contributed by atoms with Crippen LogP contribution in [0.25, 0.3) is 22.3 Å². The highest BCUT2D eigenvalue weighted by molar-refractivity contribution is 7.89. The topological polar surface area (TPSA) is 156 Å². The molecule has 1 atom stereocenters. The Kier molecular flexibility index (Phi) is 10.1. The van der Waals surface area contributed by atoms with Crippen molar-refractivity contribution in [3.63, 3.8) is 0 Å². The van der Waals surface area contributed by atoms with Gasteiger partial charge in [0.05, 0.1) is 17.3 Å². The quantitative estimate of drug-likeness (QED) is 0.239. The Morgan fingerprint density at radius 3 is 2.28 bits per heavy atom. The molecule has 2 aromatic heterocycles. The van der Waals surface area contributed by atoms with Gasteiger partial charge < -0.3 is 15.7 Å². The molecule has 5 aromatic rings. The Morgan fingerprint density at radius 1 is 0.957 bits per heavy atom. The van der Waals surface area contributed by atoms with E-state index in [-0.39, 0.29) is 36.5 Å². The average Bonchev–Trinajstić information content (AvgIpc) is 3.11. The number of benzene rings is 3. The van der Waals surface area contributed by atoms with Gasteiger partial charge in [-0.15, -0.1) is 0 Å². The van der Waals surface area contributed by atoms with Gasteiger partial charge in [-0.05, 0) is 28.8 Å². The molecule has 11 nitrogen and oxygen atoms in total. The number of rotatable bonds is 8. The number of carbonyl (C=O) groups is 1. The molecule has 1 fully saturated rings. The van der Waals surface area contributed by atoms with Crippen LogP contribution in [-0.2, 0) is 27.3 Å². The molecule has 1 aliphatic rings. The number of nitrogens with zero attached hydrogens (tertiary/aromatic N) is 6. The number of anilines is 1. The first-order chi connectivity index (χ1) is 22.5. The Balaban J connectivity index is 0.000000281. The lowest BCUT2D eigenvalue weighted by molar-refractivity contribution is -0.141. The largest absolute Gasteiger partial charge is 0.480 e. The van der Waals surface area contributed by atoms with Gasteiger partial charge in [-0.2, -0.15) is 4.31 Å². The van der Waals surface area contributed by atoms with Gasteiger partial charge in [0.2, 0.25) is 10.0 Å². The Hall–Kier alpha value is -4.92. The second-order valence-electron chi connectivity index (χ2n) is 10.7. The van der Waals surface area contributed by atoms with E-state index in [4.69, 9.17) is 5.73 Å². The second kappa shape index (κ2) is 14.2. The van der Waals surface area contributed by atoms with Crippen LogP contribution >= 0.6 is 0 Å². The van der Waals surface area contributed by atoms with Crippen molar-refractivity contribution in [2.45, 2.75) is 36.7 Å². The molecule has 3 aromatic carbocycles. The molecule has 3 heterocycles. The summed E-state index contributed by atoms with van der Waals surface area (Å²) in [4.78, 5) is 30.5. The van der Waals surface area contributed by atoms with Crippen LogP contribution in [0.3, 0.4) is 0 Å². The third kappa shape index (κ3) is 7.56. The van der Waals surface area contributed by atoms with Gasteiger partial charge in [0.25, 0.3) is 5.92 Å². The molecule has 0 bridgehead atoms. The minimum absolute atomic E-state index is 0.0107. The molecule has 1 aliphatic heterocycles. The molecule has 244 valence electrons. The zero-order valence-electron chi connectivity index (χ0n) is 25.4. The van der Waals surface area contributed by atoms with Crippen molar-refractivity contribution in [3.05, 3.63) is 109 Å². The van der Waals surface area contributed by atoms with Crippen molar-refractivity contribution >= 4 is 33.0 Å². The number of halogens is 2. The normalized spacial score (nSPS) is 15.6. The SMILES string of the molecule is CCC(F)(F)c1ccc(CN)cc1.O=C(O)[C@H]1CN(c2cnc3cncnc3n2)CCN1S(=O)(=O)c1ccc(-c2ccccc2)cc1. The summed E-state index contributed by atoms with van der Waals surface area (Å²) in [7, 11) is -4.03. The standard InChI is InChI=1S/C23H20N6O4S.C10H13F2N/c30-23(31)20-14-28(21-13-25-19-12-24-15-26-22(19)27-21)10-11-29(20)34(32,33)18-8-6-17(7-9-18)16-4-2-1-3-5-16;1-2-10(11,12)9-5-3-8(7-13)4-6-9/h1-9,12-13,15,20H,10-11,14H2,(H,30,31);3-6H,2,7,13H2,1H3/t20-;/m1./s1. The van der Waals surface area contributed by atoms with E-state index in [0.717, 1.165) is 21.0 Å². The molecular formula is C33H33F2N7O4S. The summed E-state index contributed by atoms with van der Waals surface area (Å²) in [5.41, 5.74) is 9.02. The maximum absolute atomic E-state index is 13.4. The average molecular weight is 662 g/mol. The van der Waals surface area contributed by atoms with Gasteiger partial charge in [0.15, 0.2) is 5.65 Å². The summed E-state index contributed by atoms with van der Waals surface area (Å²) < 4.78 is 54.0. The molecule has 0 amide bonds. The fraction of sp³-hybridized carbons (Fsp3) is 0.242. The predicted octanol–water partition coefficient (Wildman–Crippen LogP) is 4.70. The minimum atomic E-state index is -4.03. The number of sulfonamides is 1. The maximum atomic E-state index is 13.4. The van der Waals surface area contributed by atoms with Crippen LogP contribution < -0.4 is 10.6 Å². The molecule has 3 N–H and O–H groups in total. The summed E-state index contributed by atoms with van der Waals surface area (Å²) in [6.07, 6.45) is 4.23. The monoisotopic (exact) mass is 661 g/mol. The Morgan fingerprint density at radius 2 is 1.64 bits per heavy atom. The van der Waals surface area contributed by atoms with Crippen molar-refractivity contribution in [2.24, 2.45) is 5.73 Å². The minimum Gasteiger partial charge on any atom is -0.480 e. The summed E-state index contributed by atoms with van der Waals surface area (Å²) in [5.74, 6) is -3.51. The predicted molar refractivity (Wildman–Crippen MR) is 173 cm³/mol. The van der Waals surface area contributed by atoms with Gasteiger partial charge in [0.1, 0.15) is 23.7 Å². The third-order valence-electron chi connectivity index (χ3n) is 7.78. The van der Waals surface area contributed by atoms with E-state index < -0.39 is 28.0 Å². The molecule has 6 rings (SSSR count).